The first-order chi connectivity index (χ1) is 11.3. The number of rotatable bonds is 5. The first kappa shape index (κ1) is 16.1. The Morgan fingerprint density at radius 1 is 1.26 bits per heavy atom. The molecule has 1 aliphatic rings. The maximum atomic E-state index is 12.2. The number of thiazole rings is 1. The summed E-state index contributed by atoms with van der Waals surface area (Å²) in [6, 6.07) is 0.559. The zero-order valence-corrected chi connectivity index (χ0v) is 13.9. The number of carbonyl (C=O) groups excluding carboxylic acids is 1. The molecular formula is C16H22N4O2S. The van der Waals surface area contributed by atoms with Crippen LogP contribution in [0.15, 0.2) is 22.6 Å². The summed E-state index contributed by atoms with van der Waals surface area (Å²) in [5, 5.41) is 8.08. The number of amides is 1. The van der Waals surface area contributed by atoms with Gasteiger partial charge in [-0.2, -0.15) is 0 Å². The van der Waals surface area contributed by atoms with Gasteiger partial charge >= 0.3 is 0 Å². The molecule has 2 aromatic rings. The van der Waals surface area contributed by atoms with E-state index in [1.165, 1.54) is 60.5 Å². The number of nitrogens with zero attached hydrogens (tertiary/aromatic N) is 2. The topological polar surface area (TPSA) is 75.5 Å². The number of carbonyl (C=O) groups is 1. The average molecular weight is 334 g/mol. The molecule has 0 unspecified atom stereocenters. The van der Waals surface area contributed by atoms with Gasteiger partial charge < -0.3 is 10.6 Å². The Bertz CT molecular complexity index is 716. The minimum atomic E-state index is -0.356. The Morgan fingerprint density at radius 2 is 2.04 bits per heavy atom. The van der Waals surface area contributed by atoms with Crippen LogP contribution >= 0.6 is 11.3 Å². The van der Waals surface area contributed by atoms with Crippen LogP contribution in [0, 0.1) is 0 Å². The lowest BCUT2D eigenvalue weighted by Gasteiger charge is -2.16. The number of nitrogens with one attached hydrogen (secondary N) is 2. The monoisotopic (exact) mass is 334 g/mol. The van der Waals surface area contributed by atoms with Crippen molar-refractivity contribution in [3.8, 4) is 0 Å². The van der Waals surface area contributed by atoms with E-state index in [0.29, 0.717) is 17.5 Å². The summed E-state index contributed by atoms with van der Waals surface area (Å²) >= 11 is 1.37. The zero-order chi connectivity index (χ0) is 16.1. The molecule has 0 radical (unpaired) electrons. The summed E-state index contributed by atoms with van der Waals surface area (Å²) < 4.78 is 1.41. The molecule has 1 saturated carbocycles. The van der Waals surface area contributed by atoms with Crippen LogP contribution in [0.5, 0.6) is 0 Å². The molecule has 1 amide bonds. The van der Waals surface area contributed by atoms with Gasteiger partial charge in [-0.3, -0.25) is 14.0 Å². The third-order valence-electron chi connectivity index (χ3n) is 4.29. The van der Waals surface area contributed by atoms with Gasteiger partial charge in [-0.25, -0.2) is 4.98 Å². The van der Waals surface area contributed by atoms with Crippen molar-refractivity contribution in [1.82, 2.24) is 20.0 Å². The van der Waals surface area contributed by atoms with E-state index in [1.807, 2.05) is 0 Å². The smallest absolute Gasteiger partial charge is 0.271 e. The summed E-state index contributed by atoms with van der Waals surface area (Å²) in [7, 11) is 0. The third kappa shape index (κ3) is 3.97. The standard InChI is InChI=1S/C16H22N4O2S/c21-14(13-11-19-16-20(15(13)22)9-10-23-16)18-8-7-17-12-5-3-1-2-4-6-12/h9-12,17H,1-8H2,(H,18,21). The highest BCUT2D eigenvalue weighted by atomic mass is 32.1. The van der Waals surface area contributed by atoms with E-state index in [9.17, 15) is 9.59 Å². The van der Waals surface area contributed by atoms with Crippen LogP contribution < -0.4 is 16.2 Å². The van der Waals surface area contributed by atoms with Gasteiger partial charge in [0.2, 0.25) is 0 Å². The van der Waals surface area contributed by atoms with E-state index in [1.54, 1.807) is 11.6 Å². The first-order valence-electron chi connectivity index (χ1n) is 8.22. The Morgan fingerprint density at radius 3 is 2.83 bits per heavy atom. The lowest BCUT2D eigenvalue weighted by molar-refractivity contribution is 0.0951. The van der Waals surface area contributed by atoms with Crippen LogP contribution in [-0.4, -0.2) is 34.4 Å². The Kier molecular flexibility index (Phi) is 5.40. The second-order valence-electron chi connectivity index (χ2n) is 5.93. The minimum absolute atomic E-state index is 0.0929. The highest BCUT2D eigenvalue weighted by Crippen LogP contribution is 2.16. The van der Waals surface area contributed by atoms with Crippen molar-refractivity contribution in [3.63, 3.8) is 0 Å². The van der Waals surface area contributed by atoms with E-state index in [-0.39, 0.29) is 17.0 Å². The molecule has 2 heterocycles. The number of aromatic nitrogens is 2. The quantitative estimate of drug-likeness (QED) is 0.646. The van der Waals surface area contributed by atoms with E-state index in [2.05, 4.69) is 15.6 Å². The fourth-order valence-corrected chi connectivity index (χ4v) is 3.69. The molecule has 0 bridgehead atoms. The molecule has 0 aliphatic heterocycles. The first-order valence-corrected chi connectivity index (χ1v) is 9.10. The van der Waals surface area contributed by atoms with Crippen molar-refractivity contribution in [2.45, 2.75) is 44.6 Å². The molecule has 2 N–H and O–H groups in total. The summed E-state index contributed by atoms with van der Waals surface area (Å²) in [6.07, 6.45) is 10.7. The third-order valence-corrected chi connectivity index (χ3v) is 5.06. The minimum Gasteiger partial charge on any atom is -0.351 e. The number of hydrogen-bond acceptors (Lipinski definition) is 5. The van der Waals surface area contributed by atoms with Gasteiger partial charge in [0.25, 0.3) is 11.5 Å². The molecule has 2 aromatic heterocycles. The summed E-state index contributed by atoms with van der Waals surface area (Å²) in [5.74, 6) is -0.356. The lowest BCUT2D eigenvalue weighted by Crippen LogP contribution is -2.38. The zero-order valence-electron chi connectivity index (χ0n) is 13.1. The van der Waals surface area contributed by atoms with Crippen LogP contribution in [-0.2, 0) is 0 Å². The SMILES string of the molecule is O=C(NCCNC1CCCCCC1)c1cnc2sccn2c1=O. The predicted octanol–water partition coefficient (Wildman–Crippen LogP) is 1.80. The largest absolute Gasteiger partial charge is 0.351 e. The van der Waals surface area contributed by atoms with E-state index < -0.39 is 0 Å². The number of fused-ring (bicyclic) bond motifs is 1. The fourth-order valence-electron chi connectivity index (χ4n) is 3.01. The van der Waals surface area contributed by atoms with Crippen LogP contribution in [0.3, 0.4) is 0 Å². The van der Waals surface area contributed by atoms with Gasteiger partial charge in [-0.1, -0.05) is 25.7 Å². The molecule has 1 aliphatic carbocycles. The highest BCUT2D eigenvalue weighted by molar-refractivity contribution is 7.15. The molecule has 0 aromatic carbocycles. The maximum absolute atomic E-state index is 12.2. The lowest BCUT2D eigenvalue weighted by atomic mass is 10.1. The van der Waals surface area contributed by atoms with Gasteiger partial charge in [0, 0.05) is 36.9 Å². The Labute approximate surface area is 138 Å². The van der Waals surface area contributed by atoms with E-state index in [0.717, 1.165) is 6.54 Å². The molecule has 0 spiro atoms. The highest BCUT2D eigenvalue weighted by Gasteiger charge is 2.14. The Hall–Kier alpha value is -1.73. The van der Waals surface area contributed by atoms with Gasteiger partial charge in [-0.15, -0.1) is 11.3 Å². The second kappa shape index (κ2) is 7.70. The fraction of sp³-hybridized carbons (Fsp3) is 0.562. The summed E-state index contributed by atoms with van der Waals surface area (Å²) in [6.45, 7) is 1.24. The molecular weight excluding hydrogens is 312 g/mol. The molecule has 7 heteroatoms. The molecule has 0 saturated heterocycles. The molecule has 23 heavy (non-hydrogen) atoms. The van der Waals surface area contributed by atoms with E-state index in [4.69, 9.17) is 0 Å². The van der Waals surface area contributed by atoms with Crippen molar-refractivity contribution in [1.29, 1.82) is 0 Å². The maximum Gasteiger partial charge on any atom is 0.271 e. The summed E-state index contributed by atoms with van der Waals surface area (Å²) in [4.78, 5) is 29.1. The predicted molar refractivity (Wildman–Crippen MR) is 91.2 cm³/mol. The van der Waals surface area contributed by atoms with Crippen molar-refractivity contribution in [3.05, 3.63) is 33.7 Å². The Balaban J connectivity index is 1.50. The van der Waals surface area contributed by atoms with Crippen molar-refractivity contribution < 1.29 is 4.79 Å². The molecule has 1 fully saturated rings. The van der Waals surface area contributed by atoms with Crippen LogP contribution in [0.4, 0.5) is 0 Å². The van der Waals surface area contributed by atoms with Crippen molar-refractivity contribution in [2.24, 2.45) is 0 Å². The van der Waals surface area contributed by atoms with Gasteiger partial charge in [0.15, 0.2) is 4.96 Å². The van der Waals surface area contributed by atoms with E-state index >= 15 is 0 Å². The van der Waals surface area contributed by atoms with Gasteiger partial charge in [-0.05, 0) is 12.8 Å². The molecule has 0 atom stereocenters. The molecule has 124 valence electrons. The van der Waals surface area contributed by atoms with Crippen molar-refractivity contribution >= 4 is 22.2 Å². The summed E-state index contributed by atoms with van der Waals surface area (Å²) in [5.41, 5.74) is -0.221. The second-order valence-corrected chi connectivity index (χ2v) is 6.80. The van der Waals surface area contributed by atoms with Crippen LogP contribution in [0.2, 0.25) is 0 Å². The normalized spacial score (nSPS) is 16.3. The van der Waals surface area contributed by atoms with Gasteiger partial charge in [0.05, 0.1) is 0 Å². The molecule has 6 nitrogen and oxygen atoms in total. The average Bonchev–Trinajstić information content (AvgIpc) is 2.89. The van der Waals surface area contributed by atoms with Crippen molar-refractivity contribution in [2.75, 3.05) is 13.1 Å². The number of hydrogen-bond donors (Lipinski definition) is 2. The van der Waals surface area contributed by atoms with Crippen LogP contribution in [0.25, 0.3) is 4.96 Å². The van der Waals surface area contributed by atoms with Crippen LogP contribution in [0.1, 0.15) is 48.9 Å². The molecule has 3 rings (SSSR count). The van der Waals surface area contributed by atoms with Gasteiger partial charge in [0.1, 0.15) is 5.56 Å².